The van der Waals surface area contributed by atoms with E-state index in [2.05, 4.69) is 18.2 Å². The summed E-state index contributed by atoms with van der Waals surface area (Å²) in [5.74, 6) is 0. The van der Waals surface area contributed by atoms with Crippen molar-refractivity contribution in [3.05, 3.63) is 70.8 Å². The molecule has 1 nitrogen and oxygen atoms in total. The molecular formula is C16H16O. The maximum Gasteiger partial charge on any atom is 0.104 e. The van der Waals surface area contributed by atoms with Gasteiger partial charge in [-0.25, -0.2) is 0 Å². The molecule has 1 heteroatoms. The molecule has 1 N–H and O–H groups in total. The molecule has 3 rings (SSSR count). The topological polar surface area (TPSA) is 20.2 Å². The van der Waals surface area contributed by atoms with E-state index >= 15 is 0 Å². The molecule has 0 saturated heterocycles. The lowest BCUT2D eigenvalue weighted by atomic mass is 9.98. The Balaban J connectivity index is 1.94. The van der Waals surface area contributed by atoms with E-state index in [-0.39, 0.29) is 0 Å². The fourth-order valence-corrected chi connectivity index (χ4v) is 2.59. The van der Waals surface area contributed by atoms with Crippen LogP contribution in [0, 0.1) is 0 Å². The van der Waals surface area contributed by atoms with Gasteiger partial charge in [0, 0.05) is 0 Å². The monoisotopic (exact) mass is 224 g/mol. The van der Waals surface area contributed by atoms with Crippen molar-refractivity contribution in [1.82, 2.24) is 0 Å². The molecule has 0 bridgehead atoms. The molecule has 0 aliphatic heterocycles. The summed E-state index contributed by atoms with van der Waals surface area (Å²) in [7, 11) is 0. The summed E-state index contributed by atoms with van der Waals surface area (Å²) in [4.78, 5) is 0. The summed E-state index contributed by atoms with van der Waals surface area (Å²) in [6, 6.07) is 16.2. The van der Waals surface area contributed by atoms with E-state index in [9.17, 15) is 5.11 Å². The standard InChI is InChI=1S/C16H16O/c17-16(13-5-2-1-3-6-13)15-10-9-12-7-4-8-14(12)11-15/h1-3,5-6,9-11,16-17H,4,7-8H2/t16-/m1/s1. The number of fused-ring (bicyclic) bond motifs is 1. The highest BCUT2D eigenvalue weighted by atomic mass is 16.3. The van der Waals surface area contributed by atoms with Crippen molar-refractivity contribution < 1.29 is 5.11 Å². The van der Waals surface area contributed by atoms with Gasteiger partial charge >= 0.3 is 0 Å². The van der Waals surface area contributed by atoms with Crippen LogP contribution in [0.25, 0.3) is 0 Å². The van der Waals surface area contributed by atoms with E-state index in [1.165, 1.54) is 24.0 Å². The number of benzene rings is 2. The van der Waals surface area contributed by atoms with Crippen molar-refractivity contribution in [1.29, 1.82) is 0 Å². The first-order valence-electron chi connectivity index (χ1n) is 6.19. The van der Waals surface area contributed by atoms with Crippen LogP contribution in [0.5, 0.6) is 0 Å². The number of rotatable bonds is 2. The minimum absolute atomic E-state index is 0.498. The Hall–Kier alpha value is -1.60. The largest absolute Gasteiger partial charge is 0.384 e. The van der Waals surface area contributed by atoms with Gasteiger partial charge in [-0.2, -0.15) is 0 Å². The molecule has 17 heavy (non-hydrogen) atoms. The van der Waals surface area contributed by atoms with Gasteiger partial charge in [-0.05, 0) is 41.5 Å². The van der Waals surface area contributed by atoms with Gasteiger partial charge in [0.15, 0.2) is 0 Å². The van der Waals surface area contributed by atoms with E-state index in [1.54, 1.807) is 0 Å². The van der Waals surface area contributed by atoms with Crippen molar-refractivity contribution >= 4 is 0 Å². The summed E-state index contributed by atoms with van der Waals surface area (Å²) >= 11 is 0. The normalized spacial score (nSPS) is 15.6. The highest BCUT2D eigenvalue weighted by molar-refractivity contribution is 5.39. The highest BCUT2D eigenvalue weighted by Crippen LogP contribution is 2.28. The van der Waals surface area contributed by atoms with Gasteiger partial charge in [-0.15, -0.1) is 0 Å². The number of aryl methyl sites for hydroxylation is 2. The maximum atomic E-state index is 10.3. The molecule has 0 saturated carbocycles. The average Bonchev–Trinajstić information content (AvgIpc) is 2.86. The summed E-state index contributed by atoms with van der Waals surface area (Å²) in [6.07, 6.45) is 3.10. The van der Waals surface area contributed by atoms with Gasteiger partial charge in [0.1, 0.15) is 6.10 Å². The second-order valence-corrected chi connectivity index (χ2v) is 4.69. The Labute approximate surface area is 102 Å². The molecule has 0 heterocycles. The van der Waals surface area contributed by atoms with Crippen LogP contribution in [0.4, 0.5) is 0 Å². The number of hydrogen-bond donors (Lipinski definition) is 1. The van der Waals surface area contributed by atoms with Gasteiger partial charge in [0.2, 0.25) is 0 Å². The zero-order valence-electron chi connectivity index (χ0n) is 9.76. The molecule has 1 atom stereocenters. The molecule has 0 aromatic heterocycles. The molecule has 0 radical (unpaired) electrons. The molecular weight excluding hydrogens is 208 g/mol. The van der Waals surface area contributed by atoms with Crippen LogP contribution < -0.4 is 0 Å². The zero-order valence-corrected chi connectivity index (χ0v) is 9.76. The fraction of sp³-hybridized carbons (Fsp3) is 0.250. The second kappa shape index (κ2) is 4.34. The SMILES string of the molecule is O[C@H](c1ccccc1)c1ccc2c(c1)CCC2. The molecule has 0 amide bonds. The third-order valence-electron chi connectivity index (χ3n) is 3.55. The lowest BCUT2D eigenvalue weighted by molar-refractivity contribution is 0.220. The van der Waals surface area contributed by atoms with Crippen molar-refractivity contribution in [2.45, 2.75) is 25.4 Å². The average molecular weight is 224 g/mol. The summed E-state index contributed by atoms with van der Waals surface area (Å²) in [5, 5.41) is 10.3. The fourth-order valence-electron chi connectivity index (χ4n) is 2.59. The van der Waals surface area contributed by atoms with Crippen LogP contribution in [0.3, 0.4) is 0 Å². The Morgan fingerprint density at radius 3 is 2.41 bits per heavy atom. The van der Waals surface area contributed by atoms with Crippen molar-refractivity contribution in [3.63, 3.8) is 0 Å². The van der Waals surface area contributed by atoms with Crippen LogP contribution in [0.15, 0.2) is 48.5 Å². The highest BCUT2D eigenvalue weighted by Gasteiger charge is 2.15. The van der Waals surface area contributed by atoms with Crippen molar-refractivity contribution in [2.75, 3.05) is 0 Å². The molecule has 0 unspecified atom stereocenters. The van der Waals surface area contributed by atoms with Crippen LogP contribution >= 0.6 is 0 Å². The zero-order chi connectivity index (χ0) is 11.7. The quantitative estimate of drug-likeness (QED) is 0.830. The molecule has 1 aliphatic carbocycles. The van der Waals surface area contributed by atoms with Crippen LogP contribution in [-0.4, -0.2) is 5.11 Å². The molecule has 2 aromatic rings. The molecule has 1 aliphatic rings. The molecule has 0 spiro atoms. The van der Waals surface area contributed by atoms with E-state index < -0.39 is 6.10 Å². The van der Waals surface area contributed by atoms with Gasteiger partial charge in [-0.1, -0.05) is 48.5 Å². The smallest absolute Gasteiger partial charge is 0.104 e. The van der Waals surface area contributed by atoms with Crippen LogP contribution in [-0.2, 0) is 12.8 Å². The summed E-state index contributed by atoms with van der Waals surface area (Å²) in [6.45, 7) is 0. The summed E-state index contributed by atoms with van der Waals surface area (Å²) in [5.41, 5.74) is 4.84. The van der Waals surface area contributed by atoms with Gasteiger partial charge in [0.25, 0.3) is 0 Å². The lowest BCUT2D eigenvalue weighted by Crippen LogP contribution is -2.00. The first-order chi connectivity index (χ1) is 8.34. The number of aliphatic hydroxyl groups is 1. The molecule has 0 fully saturated rings. The Morgan fingerprint density at radius 1 is 0.824 bits per heavy atom. The number of aliphatic hydroxyl groups excluding tert-OH is 1. The minimum atomic E-state index is -0.498. The van der Waals surface area contributed by atoms with Crippen molar-refractivity contribution in [3.8, 4) is 0 Å². The summed E-state index contributed by atoms with van der Waals surface area (Å²) < 4.78 is 0. The molecule has 86 valence electrons. The van der Waals surface area contributed by atoms with Crippen molar-refractivity contribution in [2.24, 2.45) is 0 Å². The minimum Gasteiger partial charge on any atom is -0.384 e. The van der Waals surface area contributed by atoms with Gasteiger partial charge < -0.3 is 5.11 Å². The van der Waals surface area contributed by atoms with Crippen LogP contribution in [0.2, 0.25) is 0 Å². The Morgan fingerprint density at radius 2 is 1.59 bits per heavy atom. The first kappa shape index (κ1) is 10.5. The third-order valence-corrected chi connectivity index (χ3v) is 3.55. The van der Waals surface area contributed by atoms with E-state index in [0.29, 0.717) is 0 Å². The van der Waals surface area contributed by atoms with E-state index in [4.69, 9.17) is 0 Å². The Bertz CT molecular complexity index is 516. The first-order valence-corrected chi connectivity index (χ1v) is 6.19. The molecule has 2 aromatic carbocycles. The Kier molecular flexibility index (Phi) is 2.69. The predicted octanol–water partition coefficient (Wildman–Crippen LogP) is 3.26. The lowest BCUT2D eigenvalue weighted by Gasteiger charge is -2.12. The third kappa shape index (κ3) is 1.98. The van der Waals surface area contributed by atoms with Gasteiger partial charge in [-0.3, -0.25) is 0 Å². The number of hydrogen-bond acceptors (Lipinski definition) is 1. The predicted molar refractivity (Wildman–Crippen MR) is 69.0 cm³/mol. The second-order valence-electron chi connectivity index (χ2n) is 4.69. The van der Waals surface area contributed by atoms with Gasteiger partial charge in [0.05, 0.1) is 0 Å². The van der Waals surface area contributed by atoms with E-state index in [1.807, 2.05) is 30.3 Å². The van der Waals surface area contributed by atoms with Crippen LogP contribution in [0.1, 0.15) is 34.8 Å². The van der Waals surface area contributed by atoms with E-state index in [0.717, 1.165) is 17.5 Å². The maximum absolute atomic E-state index is 10.3.